The smallest absolute Gasteiger partial charge is 0.0406 e. The van der Waals surface area contributed by atoms with Gasteiger partial charge >= 0.3 is 0 Å². The van der Waals surface area contributed by atoms with Crippen molar-refractivity contribution in [3.63, 3.8) is 0 Å². The minimum absolute atomic E-state index is 0.455. The SMILES string of the molecule is CCC(NCC1(C)CCCCC1)c1ccc(Cl)cc1. The molecule has 106 valence electrons. The number of rotatable bonds is 5. The van der Waals surface area contributed by atoms with Gasteiger partial charge in [-0.25, -0.2) is 0 Å². The Morgan fingerprint density at radius 2 is 1.79 bits per heavy atom. The lowest BCUT2D eigenvalue weighted by Gasteiger charge is -2.35. The summed E-state index contributed by atoms with van der Waals surface area (Å²) in [4.78, 5) is 0. The molecule has 1 N–H and O–H groups in total. The van der Waals surface area contributed by atoms with Gasteiger partial charge in [0.15, 0.2) is 0 Å². The monoisotopic (exact) mass is 279 g/mol. The molecule has 0 saturated heterocycles. The van der Waals surface area contributed by atoms with Crippen molar-refractivity contribution in [2.75, 3.05) is 6.54 Å². The van der Waals surface area contributed by atoms with Gasteiger partial charge in [-0.15, -0.1) is 0 Å². The minimum atomic E-state index is 0.455. The number of nitrogens with one attached hydrogen (secondary N) is 1. The quantitative estimate of drug-likeness (QED) is 0.766. The molecular formula is C17H26ClN. The summed E-state index contributed by atoms with van der Waals surface area (Å²) in [5, 5.41) is 4.59. The lowest BCUT2D eigenvalue weighted by Crippen LogP contribution is -2.35. The summed E-state index contributed by atoms with van der Waals surface area (Å²) in [5.74, 6) is 0. The normalized spacial score (nSPS) is 20.2. The van der Waals surface area contributed by atoms with Crippen molar-refractivity contribution < 1.29 is 0 Å². The second-order valence-corrected chi connectivity index (χ2v) is 6.70. The van der Waals surface area contributed by atoms with Gasteiger partial charge in [-0.05, 0) is 42.4 Å². The van der Waals surface area contributed by atoms with Crippen molar-refractivity contribution in [2.24, 2.45) is 5.41 Å². The van der Waals surface area contributed by atoms with Gasteiger partial charge in [-0.3, -0.25) is 0 Å². The zero-order valence-corrected chi connectivity index (χ0v) is 13.0. The van der Waals surface area contributed by atoms with E-state index in [4.69, 9.17) is 11.6 Å². The maximum atomic E-state index is 5.96. The first-order chi connectivity index (χ1) is 9.13. The van der Waals surface area contributed by atoms with Gasteiger partial charge in [0.25, 0.3) is 0 Å². The third-order valence-corrected chi connectivity index (χ3v) is 4.77. The van der Waals surface area contributed by atoms with Crippen molar-refractivity contribution in [1.29, 1.82) is 0 Å². The third-order valence-electron chi connectivity index (χ3n) is 4.52. The van der Waals surface area contributed by atoms with E-state index in [0.717, 1.165) is 18.0 Å². The van der Waals surface area contributed by atoms with Crippen LogP contribution in [0.2, 0.25) is 5.02 Å². The molecule has 1 aromatic carbocycles. The molecule has 1 saturated carbocycles. The summed E-state index contributed by atoms with van der Waals surface area (Å²) in [6.07, 6.45) is 8.08. The molecule has 0 aromatic heterocycles. The van der Waals surface area contributed by atoms with E-state index in [1.165, 1.54) is 37.7 Å². The Kier molecular flexibility index (Phi) is 5.29. The second kappa shape index (κ2) is 6.76. The fourth-order valence-electron chi connectivity index (χ4n) is 3.14. The average Bonchev–Trinajstić information content (AvgIpc) is 2.42. The van der Waals surface area contributed by atoms with Crippen LogP contribution in [0.3, 0.4) is 0 Å². The molecule has 0 amide bonds. The fraction of sp³-hybridized carbons (Fsp3) is 0.647. The minimum Gasteiger partial charge on any atom is -0.309 e. The molecule has 0 heterocycles. The van der Waals surface area contributed by atoms with Gasteiger partial charge in [-0.1, -0.05) is 56.8 Å². The van der Waals surface area contributed by atoms with Crippen molar-refractivity contribution >= 4 is 11.6 Å². The lowest BCUT2D eigenvalue weighted by molar-refractivity contribution is 0.199. The zero-order chi connectivity index (χ0) is 13.7. The maximum absolute atomic E-state index is 5.96. The van der Waals surface area contributed by atoms with Gasteiger partial charge in [0, 0.05) is 17.6 Å². The summed E-state index contributed by atoms with van der Waals surface area (Å²) >= 11 is 5.96. The Bertz CT molecular complexity index is 379. The van der Waals surface area contributed by atoms with Crippen LogP contribution in [-0.4, -0.2) is 6.54 Å². The molecular weight excluding hydrogens is 254 g/mol. The molecule has 0 bridgehead atoms. The van der Waals surface area contributed by atoms with Gasteiger partial charge in [0.1, 0.15) is 0 Å². The number of halogens is 1. The summed E-state index contributed by atoms with van der Waals surface area (Å²) in [6, 6.07) is 8.72. The van der Waals surface area contributed by atoms with Crippen molar-refractivity contribution in [3.8, 4) is 0 Å². The van der Waals surface area contributed by atoms with E-state index in [2.05, 4.69) is 31.3 Å². The van der Waals surface area contributed by atoms with Crippen LogP contribution >= 0.6 is 11.6 Å². The molecule has 1 aliphatic rings. The summed E-state index contributed by atoms with van der Waals surface area (Å²) in [7, 11) is 0. The van der Waals surface area contributed by atoms with Crippen LogP contribution in [0.4, 0.5) is 0 Å². The van der Waals surface area contributed by atoms with Gasteiger partial charge in [0.05, 0.1) is 0 Å². The zero-order valence-electron chi connectivity index (χ0n) is 12.2. The standard InChI is InChI=1S/C17H26ClN/c1-3-16(14-7-9-15(18)10-8-14)19-13-17(2)11-5-4-6-12-17/h7-10,16,19H,3-6,11-13H2,1-2H3. The van der Waals surface area contributed by atoms with E-state index in [-0.39, 0.29) is 0 Å². The molecule has 0 radical (unpaired) electrons. The molecule has 0 aliphatic heterocycles. The van der Waals surface area contributed by atoms with Crippen molar-refractivity contribution in [2.45, 2.75) is 58.4 Å². The molecule has 1 atom stereocenters. The first kappa shape index (κ1) is 14.9. The Balaban J connectivity index is 1.93. The van der Waals surface area contributed by atoms with Gasteiger partial charge < -0.3 is 5.32 Å². The van der Waals surface area contributed by atoms with Gasteiger partial charge in [0.2, 0.25) is 0 Å². The van der Waals surface area contributed by atoms with Crippen LogP contribution in [0.25, 0.3) is 0 Å². The van der Waals surface area contributed by atoms with Crippen LogP contribution in [0, 0.1) is 5.41 Å². The Hall–Kier alpha value is -0.530. The highest BCUT2D eigenvalue weighted by atomic mass is 35.5. The summed E-state index contributed by atoms with van der Waals surface area (Å²) in [5.41, 5.74) is 1.85. The van der Waals surface area contributed by atoms with E-state index >= 15 is 0 Å². The Morgan fingerprint density at radius 3 is 2.37 bits per heavy atom. The van der Waals surface area contributed by atoms with Crippen LogP contribution < -0.4 is 5.32 Å². The molecule has 1 nitrogen and oxygen atoms in total. The fourth-order valence-corrected chi connectivity index (χ4v) is 3.27. The molecule has 1 aromatic rings. The van der Waals surface area contributed by atoms with Crippen molar-refractivity contribution in [3.05, 3.63) is 34.9 Å². The average molecular weight is 280 g/mol. The van der Waals surface area contributed by atoms with Crippen LogP contribution in [0.15, 0.2) is 24.3 Å². The molecule has 19 heavy (non-hydrogen) atoms. The highest BCUT2D eigenvalue weighted by Crippen LogP contribution is 2.35. The summed E-state index contributed by atoms with van der Waals surface area (Å²) < 4.78 is 0. The Labute approximate surface area is 122 Å². The van der Waals surface area contributed by atoms with E-state index < -0.39 is 0 Å². The van der Waals surface area contributed by atoms with Gasteiger partial charge in [-0.2, -0.15) is 0 Å². The first-order valence-electron chi connectivity index (χ1n) is 7.62. The molecule has 1 unspecified atom stereocenters. The van der Waals surface area contributed by atoms with E-state index in [9.17, 15) is 0 Å². The largest absolute Gasteiger partial charge is 0.309 e. The Morgan fingerprint density at radius 1 is 1.16 bits per heavy atom. The highest BCUT2D eigenvalue weighted by Gasteiger charge is 2.27. The second-order valence-electron chi connectivity index (χ2n) is 6.26. The first-order valence-corrected chi connectivity index (χ1v) is 8.00. The molecule has 0 spiro atoms. The predicted octanol–water partition coefficient (Wildman–Crippen LogP) is 5.35. The van der Waals surface area contributed by atoms with E-state index in [1.807, 2.05) is 12.1 Å². The highest BCUT2D eigenvalue weighted by molar-refractivity contribution is 6.30. The van der Waals surface area contributed by atoms with Crippen molar-refractivity contribution in [1.82, 2.24) is 5.32 Å². The lowest BCUT2D eigenvalue weighted by atomic mass is 9.75. The predicted molar refractivity (Wildman–Crippen MR) is 83.7 cm³/mol. The molecule has 1 fully saturated rings. The maximum Gasteiger partial charge on any atom is 0.0406 e. The summed E-state index contributed by atoms with van der Waals surface area (Å²) in [6.45, 7) is 5.82. The number of hydrogen-bond acceptors (Lipinski definition) is 1. The third kappa shape index (κ3) is 4.22. The van der Waals surface area contributed by atoms with Crippen LogP contribution in [0.1, 0.15) is 64.0 Å². The van der Waals surface area contributed by atoms with Crippen LogP contribution in [-0.2, 0) is 0 Å². The topological polar surface area (TPSA) is 12.0 Å². The van der Waals surface area contributed by atoms with E-state index in [1.54, 1.807) is 0 Å². The van der Waals surface area contributed by atoms with Crippen LogP contribution in [0.5, 0.6) is 0 Å². The molecule has 2 heteroatoms. The number of benzene rings is 1. The van der Waals surface area contributed by atoms with E-state index in [0.29, 0.717) is 11.5 Å². The number of hydrogen-bond donors (Lipinski definition) is 1. The molecule has 1 aliphatic carbocycles. The molecule has 2 rings (SSSR count).